The van der Waals surface area contributed by atoms with Gasteiger partial charge in [-0.1, -0.05) is 6.42 Å². The molecule has 0 radical (unpaired) electrons. The van der Waals surface area contributed by atoms with E-state index < -0.39 is 11.6 Å². The van der Waals surface area contributed by atoms with Crippen molar-refractivity contribution in [2.24, 2.45) is 5.92 Å². The predicted octanol–water partition coefficient (Wildman–Crippen LogP) is 2.52. The maximum atomic E-state index is 11.6. The highest BCUT2D eigenvalue weighted by Crippen LogP contribution is 2.25. The summed E-state index contributed by atoms with van der Waals surface area (Å²) in [6.45, 7) is 8.46. The van der Waals surface area contributed by atoms with E-state index in [2.05, 4.69) is 5.32 Å². The molecule has 1 rings (SSSR count). The van der Waals surface area contributed by atoms with E-state index in [4.69, 9.17) is 10.1 Å². The van der Waals surface area contributed by atoms with Gasteiger partial charge in [0.25, 0.3) is 0 Å². The highest BCUT2D eigenvalue weighted by molar-refractivity contribution is 6.35. The van der Waals surface area contributed by atoms with Crippen LogP contribution in [0.25, 0.3) is 0 Å². The van der Waals surface area contributed by atoms with Gasteiger partial charge in [-0.2, -0.15) is 0 Å². The van der Waals surface area contributed by atoms with Crippen molar-refractivity contribution in [3.63, 3.8) is 0 Å². The largest absolute Gasteiger partial charge is 0.456 e. The predicted molar refractivity (Wildman–Crippen MR) is 73.0 cm³/mol. The molecule has 1 saturated carbocycles. The van der Waals surface area contributed by atoms with Crippen LogP contribution in [0.4, 0.5) is 0 Å². The van der Waals surface area contributed by atoms with Gasteiger partial charge in [0.1, 0.15) is 11.3 Å². The van der Waals surface area contributed by atoms with Crippen molar-refractivity contribution in [2.45, 2.75) is 65.0 Å². The Morgan fingerprint density at radius 3 is 2.50 bits per heavy atom. The van der Waals surface area contributed by atoms with Gasteiger partial charge in [-0.3, -0.25) is 5.41 Å². The maximum absolute atomic E-state index is 11.6. The summed E-state index contributed by atoms with van der Waals surface area (Å²) in [4.78, 5) is 11.6. The van der Waals surface area contributed by atoms with Crippen molar-refractivity contribution in [2.75, 3.05) is 6.54 Å². The summed E-state index contributed by atoms with van der Waals surface area (Å²) < 4.78 is 5.17. The Balaban J connectivity index is 2.23. The molecule has 4 heteroatoms. The van der Waals surface area contributed by atoms with Crippen molar-refractivity contribution in [3.8, 4) is 0 Å². The van der Waals surface area contributed by atoms with E-state index in [1.165, 1.54) is 19.3 Å². The Hall–Kier alpha value is -0.900. The van der Waals surface area contributed by atoms with Crippen molar-refractivity contribution in [1.82, 2.24) is 5.32 Å². The van der Waals surface area contributed by atoms with Gasteiger partial charge in [0.15, 0.2) is 0 Å². The van der Waals surface area contributed by atoms with Gasteiger partial charge in [0.05, 0.1) is 0 Å². The van der Waals surface area contributed by atoms with Gasteiger partial charge in [-0.05, 0) is 53.0 Å². The quantitative estimate of drug-likeness (QED) is 0.565. The van der Waals surface area contributed by atoms with Gasteiger partial charge in [-0.25, -0.2) is 4.79 Å². The Labute approximate surface area is 110 Å². The number of rotatable bonds is 6. The maximum Gasteiger partial charge on any atom is 0.352 e. The topological polar surface area (TPSA) is 62.2 Å². The molecule has 0 aromatic heterocycles. The van der Waals surface area contributed by atoms with Crippen LogP contribution in [-0.4, -0.2) is 29.9 Å². The van der Waals surface area contributed by atoms with Crippen LogP contribution in [0.1, 0.15) is 53.4 Å². The number of carbonyl (C=O) groups is 1. The van der Waals surface area contributed by atoms with E-state index in [0.717, 1.165) is 12.5 Å². The Morgan fingerprint density at radius 2 is 2.06 bits per heavy atom. The van der Waals surface area contributed by atoms with E-state index in [1.54, 1.807) is 0 Å². The molecule has 104 valence electrons. The lowest BCUT2D eigenvalue weighted by atomic mass is 9.85. The molecule has 1 fully saturated rings. The van der Waals surface area contributed by atoms with Crippen LogP contribution < -0.4 is 5.32 Å². The lowest BCUT2D eigenvalue weighted by Crippen LogP contribution is -2.37. The molecule has 0 saturated heterocycles. The van der Waals surface area contributed by atoms with Crippen LogP contribution in [0.5, 0.6) is 0 Å². The molecule has 0 aromatic carbocycles. The second-order valence-electron chi connectivity index (χ2n) is 6.29. The fourth-order valence-corrected chi connectivity index (χ4v) is 1.87. The third-order valence-electron chi connectivity index (χ3n) is 3.14. The zero-order valence-electron chi connectivity index (χ0n) is 12.0. The third-order valence-corrected chi connectivity index (χ3v) is 3.14. The van der Waals surface area contributed by atoms with Crippen molar-refractivity contribution < 1.29 is 9.53 Å². The standard InChI is InChI=1S/C14H26N2O2/c1-10(16-9-11-6-5-7-11)8-12(15)13(17)18-14(2,3)4/h10-11,15-16H,5-9H2,1-4H3/t10-/m0/s1. The summed E-state index contributed by atoms with van der Waals surface area (Å²) in [6, 6.07) is 0.158. The molecule has 0 bridgehead atoms. The molecular formula is C14H26N2O2. The number of ether oxygens (including phenoxy) is 1. The zero-order chi connectivity index (χ0) is 13.8. The molecule has 18 heavy (non-hydrogen) atoms. The second-order valence-corrected chi connectivity index (χ2v) is 6.29. The molecular weight excluding hydrogens is 228 g/mol. The first-order valence-corrected chi connectivity index (χ1v) is 6.82. The molecule has 1 aliphatic carbocycles. The number of hydrogen-bond donors (Lipinski definition) is 2. The van der Waals surface area contributed by atoms with Gasteiger partial charge in [-0.15, -0.1) is 0 Å². The normalized spacial score (nSPS) is 18.0. The summed E-state index contributed by atoms with van der Waals surface area (Å²) in [5.74, 6) is 0.294. The van der Waals surface area contributed by atoms with Crippen LogP contribution in [0, 0.1) is 11.3 Å². The Bertz CT molecular complexity index is 303. The lowest BCUT2D eigenvalue weighted by molar-refractivity contribution is -0.146. The molecule has 1 atom stereocenters. The minimum absolute atomic E-state index is 0.0542. The van der Waals surface area contributed by atoms with Crippen molar-refractivity contribution in [3.05, 3.63) is 0 Å². The lowest BCUT2D eigenvalue weighted by Gasteiger charge is -2.27. The first kappa shape index (κ1) is 15.2. The molecule has 0 unspecified atom stereocenters. The van der Waals surface area contributed by atoms with Gasteiger partial charge in [0.2, 0.25) is 0 Å². The monoisotopic (exact) mass is 254 g/mol. The van der Waals surface area contributed by atoms with E-state index in [1.807, 2.05) is 27.7 Å². The average Bonchev–Trinajstić information content (AvgIpc) is 2.12. The molecule has 2 N–H and O–H groups in total. The van der Waals surface area contributed by atoms with Crippen molar-refractivity contribution >= 4 is 11.7 Å². The molecule has 4 nitrogen and oxygen atoms in total. The second kappa shape index (κ2) is 6.32. The van der Waals surface area contributed by atoms with E-state index in [9.17, 15) is 4.79 Å². The van der Waals surface area contributed by atoms with Crippen molar-refractivity contribution in [1.29, 1.82) is 5.41 Å². The molecule has 1 aliphatic rings. The highest BCUT2D eigenvalue weighted by atomic mass is 16.6. The average molecular weight is 254 g/mol. The Morgan fingerprint density at radius 1 is 1.44 bits per heavy atom. The minimum atomic E-state index is -0.522. The summed E-state index contributed by atoms with van der Waals surface area (Å²) in [5, 5.41) is 11.1. The number of carbonyl (C=O) groups excluding carboxylic acids is 1. The number of nitrogens with one attached hydrogen (secondary N) is 2. The van der Waals surface area contributed by atoms with Crippen LogP contribution in [-0.2, 0) is 9.53 Å². The molecule has 0 amide bonds. The Kier molecular flexibility index (Phi) is 5.32. The molecule has 0 heterocycles. The van der Waals surface area contributed by atoms with E-state index >= 15 is 0 Å². The SMILES string of the molecule is C[C@@H](CC(=N)C(=O)OC(C)(C)C)NCC1CCC1. The van der Waals surface area contributed by atoms with E-state index in [-0.39, 0.29) is 11.8 Å². The zero-order valence-corrected chi connectivity index (χ0v) is 12.0. The fraction of sp³-hybridized carbons (Fsp3) is 0.857. The van der Waals surface area contributed by atoms with Crippen LogP contribution in [0.3, 0.4) is 0 Å². The summed E-state index contributed by atoms with van der Waals surface area (Å²) in [5.41, 5.74) is -0.468. The number of esters is 1. The first-order chi connectivity index (χ1) is 8.28. The summed E-state index contributed by atoms with van der Waals surface area (Å²) in [6.07, 6.45) is 4.39. The summed E-state index contributed by atoms with van der Waals surface area (Å²) >= 11 is 0. The third kappa shape index (κ3) is 5.63. The van der Waals surface area contributed by atoms with E-state index in [0.29, 0.717) is 6.42 Å². The number of hydrogen-bond acceptors (Lipinski definition) is 4. The molecule has 0 aromatic rings. The molecule has 0 spiro atoms. The highest BCUT2D eigenvalue weighted by Gasteiger charge is 2.22. The molecule has 0 aliphatic heterocycles. The minimum Gasteiger partial charge on any atom is -0.456 e. The van der Waals surface area contributed by atoms with Gasteiger partial charge < -0.3 is 10.1 Å². The van der Waals surface area contributed by atoms with Crippen LogP contribution in [0.15, 0.2) is 0 Å². The fourth-order valence-electron chi connectivity index (χ4n) is 1.87. The van der Waals surface area contributed by atoms with Crippen LogP contribution >= 0.6 is 0 Å². The van der Waals surface area contributed by atoms with Gasteiger partial charge in [0, 0.05) is 12.5 Å². The van der Waals surface area contributed by atoms with Crippen LogP contribution in [0.2, 0.25) is 0 Å². The first-order valence-electron chi connectivity index (χ1n) is 6.82. The smallest absolute Gasteiger partial charge is 0.352 e. The summed E-state index contributed by atoms with van der Waals surface area (Å²) in [7, 11) is 0. The van der Waals surface area contributed by atoms with Gasteiger partial charge >= 0.3 is 5.97 Å².